The standard InChI is InChI=1S/C15H26N4O/c1-12-16-14(13-6-9-20-11-13)10-15(17-12)19(4)8-5-7-18(2)3/h10,13H,5-9,11H2,1-4H3. The van der Waals surface area contributed by atoms with E-state index in [1.807, 2.05) is 6.92 Å². The topological polar surface area (TPSA) is 41.5 Å². The lowest BCUT2D eigenvalue weighted by atomic mass is 10.0. The average molecular weight is 278 g/mol. The lowest BCUT2D eigenvalue weighted by molar-refractivity contribution is 0.193. The highest BCUT2D eigenvalue weighted by Crippen LogP contribution is 2.25. The van der Waals surface area contributed by atoms with E-state index in [9.17, 15) is 0 Å². The number of hydrogen-bond acceptors (Lipinski definition) is 5. The first-order valence-electron chi connectivity index (χ1n) is 7.35. The molecule has 5 nitrogen and oxygen atoms in total. The van der Waals surface area contributed by atoms with Gasteiger partial charge < -0.3 is 14.5 Å². The Labute approximate surface area is 122 Å². The molecular weight excluding hydrogens is 252 g/mol. The summed E-state index contributed by atoms with van der Waals surface area (Å²) in [5.74, 6) is 2.31. The zero-order chi connectivity index (χ0) is 14.5. The normalized spacial score (nSPS) is 18.8. The van der Waals surface area contributed by atoms with Gasteiger partial charge in [0.05, 0.1) is 12.3 Å². The van der Waals surface area contributed by atoms with Crippen molar-refractivity contribution in [2.75, 3.05) is 52.3 Å². The molecule has 5 heteroatoms. The molecule has 1 aromatic rings. The number of ether oxygens (including phenoxy) is 1. The molecule has 1 saturated heterocycles. The van der Waals surface area contributed by atoms with E-state index in [0.29, 0.717) is 5.92 Å². The Morgan fingerprint density at radius 3 is 2.70 bits per heavy atom. The van der Waals surface area contributed by atoms with Crippen molar-refractivity contribution < 1.29 is 4.74 Å². The molecule has 2 heterocycles. The summed E-state index contributed by atoms with van der Waals surface area (Å²) in [5, 5.41) is 0. The second-order valence-electron chi connectivity index (χ2n) is 5.84. The fourth-order valence-corrected chi connectivity index (χ4v) is 2.49. The molecule has 0 N–H and O–H groups in total. The maximum Gasteiger partial charge on any atom is 0.132 e. The Bertz CT molecular complexity index is 430. The van der Waals surface area contributed by atoms with Crippen LogP contribution < -0.4 is 4.90 Å². The molecule has 112 valence electrons. The molecule has 20 heavy (non-hydrogen) atoms. The van der Waals surface area contributed by atoms with Gasteiger partial charge in [-0.05, 0) is 40.4 Å². The monoisotopic (exact) mass is 278 g/mol. The summed E-state index contributed by atoms with van der Waals surface area (Å²) in [7, 11) is 6.31. The zero-order valence-electron chi connectivity index (χ0n) is 13.1. The number of aromatic nitrogens is 2. The SMILES string of the molecule is Cc1nc(C2CCOC2)cc(N(C)CCCN(C)C)n1. The molecule has 1 aliphatic rings. The smallest absolute Gasteiger partial charge is 0.132 e. The Hall–Kier alpha value is -1.20. The molecule has 0 amide bonds. The van der Waals surface area contributed by atoms with Gasteiger partial charge in [0.1, 0.15) is 11.6 Å². The second kappa shape index (κ2) is 6.99. The van der Waals surface area contributed by atoms with Crippen molar-refractivity contribution >= 4 is 5.82 Å². The number of rotatable bonds is 6. The molecule has 1 aliphatic heterocycles. The summed E-state index contributed by atoms with van der Waals surface area (Å²) in [5.41, 5.74) is 1.13. The van der Waals surface area contributed by atoms with Crippen LogP contribution in [0, 0.1) is 6.92 Å². The van der Waals surface area contributed by atoms with Gasteiger partial charge in [0.2, 0.25) is 0 Å². The van der Waals surface area contributed by atoms with Crippen LogP contribution in [0.4, 0.5) is 5.82 Å². The first-order valence-corrected chi connectivity index (χ1v) is 7.35. The molecule has 0 aromatic carbocycles. The summed E-state index contributed by atoms with van der Waals surface area (Å²) in [6.07, 6.45) is 2.20. The molecule has 2 rings (SSSR count). The minimum absolute atomic E-state index is 0.436. The Morgan fingerprint density at radius 2 is 2.05 bits per heavy atom. The van der Waals surface area contributed by atoms with Crippen LogP contribution in [0.2, 0.25) is 0 Å². The Kier molecular flexibility index (Phi) is 5.31. The van der Waals surface area contributed by atoms with Crippen LogP contribution in [-0.2, 0) is 4.74 Å². The fourth-order valence-electron chi connectivity index (χ4n) is 2.49. The molecule has 0 saturated carbocycles. The highest BCUT2D eigenvalue weighted by atomic mass is 16.5. The van der Waals surface area contributed by atoms with Gasteiger partial charge in [0.25, 0.3) is 0 Å². The molecule has 1 atom stereocenters. The summed E-state index contributed by atoms with van der Waals surface area (Å²) in [4.78, 5) is 13.6. The van der Waals surface area contributed by atoms with Crippen molar-refractivity contribution in [3.8, 4) is 0 Å². The van der Waals surface area contributed by atoms with Gasteiger partial charge in [-0.1, -0.05) is 0 Å². The minimum atomic E-state index is 0.436. The average Bonchev–Trinajstić information content (AvgIpc) is 2.91. The number of anilines is 1. The van der Waals surface area contributed by atoms with Gasteiger partial charge in [-0.2, -0.15) is 0 Å². The molecule has 0 aliphatic carbocycles. The maximum atomic E-state index is 5.46. The molecule has 0 bridgehead atoms. The third-order valence-corrected chi connectivity index (χ3v) is 3.68. The van der Waals surface area contributed by atoms with E-state index in [4.69, 9.17) is 4.74 Å². The first-order chi connectivity index (χ1) is 9.56. The molecule has 0 spiro atoms. The number of hydrogen-bond donors (Lipinski definition) is 0. The predicted octanol–water partition coefficient (Wildman–Crippen LogP) is 1.68. The lowest BCUT2D eigenvalue weighted by Crippen LogP contribution is -2.24. The summed E-state index contributed by atoms with van der Waals surface area (Å²) >= 11 is 0. The van der Waals surface area contributed by atoms with Crippen molar-refractivity contribution in [3.63, 3.8) is 0 Å². The van der Waals surface area contributed by atoms with Crippen LogP contribution in [0.25, 0.3) is 0 Å². The summed E-state index contributed by atoms with van der Waals surface area (Å²) in [6.45, 7) is 5.71. The zero-order valence-corrected chi connectivity index (χ0v) is 13.1. The van der Waals surface area contributed by atoms with Crippen LogP contribution in [0.15, 0.2) is 6.07 Å². The third kappa shape index (κ3) is 4.15. The highest BCUT2D eigenvalue weighted by Gasteiger charge is 2.20. The van der Waals surface area contributed by atoms with E-state index >= 15 is 0 Å². The quantitative estimate of drug-likeness (QED) is 0.792. The van der Waals surface area contributed by atoms with Crippen molar-refractivity contribution in [3.05, 3.63) is 17.6 Å². The van der Waals surface area contributed by atoms with Crippen molar-refractivity contribution in [1.82, 2.24) is 14.9 Å². The van der Waals surface area contributed by atoms with E-state index in [0.717, 1.165) is 56.5 Å². The molecule has 0 radical (unpaired) electrons. The Balaban J connectivity index is 2.02. The molecule has 1 unspecified atom stereocenters. The number of aryl methyl sites for hydroxylation is 1. The Morgan fingerprint density at radius 1 is 1.25 bits per heavy atom. The lowest BCUT2D eigenvalue weighted by Gasteiger charge is -2.21. The van der Waals surface area contributed by atoms with Crippen LogP contribution in [0.1, 0.15) is 30.3 Å². The number of nitrogens with zero attached hydrogens (tertiary/aromatic N) is 4. The molecule has 1 fully saturated rings. The van der Waals surface area contributed by atoms with Crippen LogP contribution >= 0.6 is 0 Å². The van der Waals surface area contributed by atoms with E-state index < -0.39 is 0 Å². The van der Waals surface area contributed by atoms with Gasteiger partial charge in [-0.3, -0.25) is 0 Å². The largest absolute Gasteiger partial charge is 0.381 e. The van der Waals surface area contributed by atoms with E-state index in [1.54, 1.807) is 0 Å². The maximum absolute atomic E-state index is 5.46. The van der Waals surface area contributed by atoms with Gasteiger partial charge in [-0.25, -0.2) is 9.97 Å². The summed E-state index contributed by atoms with van der Waals surface area (Å²) < 4.78 is 5.46. The fraction of sp³-hybridized carbons (Fsp3) is 0.733. The van der Waals surface area contributed by atoms with Gasteiger partial charge in [0, 0.05) is 32.2 Å². The minimum Gasteiger partial charge on any atom is -0.381 e. The van der Waals surface area contributed by atoms with Gasteiger partial charge in [-0.15, -0.1) is 0 Å². The van der Waals surface area contributed by atoms with Crippen LogP contribution in [-0.4, -0.2) is 62.3 Å². The van der Waals surface area contributed by atoms with E-state index in [2.05, 4.69) is 47.0 Å². The van der Waals surface area contributed by atoms with Crippen molar-refractivity contribution in [2.45, 2.75) is 25.7 Å². The van der Waals surface area contributed by atoms with Crippen molar-refractivity contribution in [2.24, 2.45) is 0 Å². The van der Waals surface area contributed by atoms with Crippen LogP contribution in [0.3, 0.4) is 0 Å². The predicted molar refractivity (Wildman–Crippen MR) is 81.4 cm³/mol. The van der Waals surface area contributed by atoms with Gasteiger partial charge in [0.15, 0.2) is 0 Å². The molecule has 1 aromatic heterocycles. The van der Waals surface area contributed by atoms with Gasteiger partial charge >= 0.3 is 0 Å². The first kappa shape index (κ1) is 15.2. The molecular formula is C15H26N4O. The highest BCUT2D eigenvalue weighted by molar-refractivity contribution is 5.39. The van der Waals surface area contributed by atoms with Crippen LogP contribution in [0.5, 0.6) is 0 Å². The summed E-state index contributed by atoms with van der Waals surface area (Å²) in [6, 6.07) is 2.13. The van der Waals surface area contributed by atoms with E-state index in [1.165, 1.54) is 0 Å². The van der Waals surface area contributed by atoms with E-state index in [-0.39, 0.29) is 0 Å². The van der Waals surface area contributed by atoms with Crippen molar-refractivity contribution in [1.29, 1.82) is 0 Å². The second-order valence-corrected chi connectivity index (χ2v) is 5.84. The third-order valence-electron chi connectivity index (χ3n) is 3.68.